The zero-order valence-corrected chi connectivity index (χ0v) is 17.5. The molecule has 156 valence electrons. The first-order valence-corrected chi connectivity index (χ1v) is 10.3. The minimum absolute atomic E-state index is 0.274. The molecule has 0 saturated carbocycles. The number of hydrogen-bond acceptors (Lipinski definition) is 4. The maximum atomic E-state index is 12.4. The Bertz CT molecular complexity index is 1420. The molecule has 0 fully saturated rings. The van der Waals surface area contributed by atoms with Gasteiger partial charge in [0.15, 0.2) is 0 Å². The van der Waals surface area contributed by atoms with E-state index in [0.29, 0.717) is 27.7 Å². The Morgan fingerprint density at radius 3 is 2.50 bits per heavy atom. The highest BCUT2D eigenvalue weighted by atomic mass is 35.5. The summed E-state index contributed by atoms with van der Waals surface area (Å²) in [7, 11) is 0. The molecular weight excluding hydrogens is 424 g/mol. The van der Waals surface area contributed by atoms with E-state index < -0.39 is 0 Å². The first-order valence-electron chi connectivity index (χ1n) is 9.91. The number of carbonyl (C=O) groups excluding carboxylic acids is 1. The van der Waals surface area contributed by atoms with Crippen molar-refractivity contribution in [2.24, 2.45) is 0 Å². The number of hydrogen-bond donors (Lipinski definition) is 1. The summed E-state index contributed by atoms with van der Waals surface area (Å²) in [5.41, 5.74) is 3.85. The first kappa shape index (κ1) is 19.8. The third-order valence-corrected chi connectivity index (χ3v) is 5.04. The second kappa shape index (κ2) is 8.53. The maximum Gasteiger partial charge on any atom is 0.248 e. The average molecular weight is 441 g/mol. The van der Waals surface area contributed by atoms with Crippen molar-refractivity contribution >= 4 is 40.3 Å². The molecule has 2 heterocycles. The van der Waals surface area contributed by atoms with E-state index in [1.165, 1.54) is 6.08 Å². The number of fused-ring (bicyclic) bond motifs is 1. The predicted octanol–water partition coefficient (Wildman–Crippen LogP) is 5.99. The summed E-state index contributed by atoms with van der Waals surface area (Å²) in [4.78, 5) is 13.9. The minimum Gasteiger partial charge on any atom is -0.457 e. The van der Waals surface area contributed by atoms with Crippen LogP contribution in [-0.4, -0.2) is 20.9 Å². The van der Waals surface area contributed by atoms with Crippen molar-refractivity contribution in [3.8, 4) is 17.0 Å². The van der Waals surface area contributed by atoms with E-state index in [9.17, 15) is 4.79 Å². The topological polar surface area (TPSA) is 73.0 Å². The lowest BCUT2D eigenvalue weighted by Crippen LogP contribution is -2.07. The number of aromatic nitrogens is 3. The molecule has 5 rings (SSSR count). The van der Waals surface area contributed by atoms with Crippen molar-refractivity contribution < 1.29 is 9.21 Å². The molecular formula is C25H17ClN4O2. The Hall–Kier alpha value is -4.16. The summed E-state index contributed by atoms with van der Waals surface area (Å²) >= 11 is 5.92. The van der Waals surface area contributed by atoms with E-state index in [-0.39, 0.29) is 5.91 Å². The molecule has 2 aromatic heterocycles. The molecule has 0 saturated heterocycles. The molecule has 6 nitrogen and oxygen atoms in total. The van der Waals surface area contributed by atoms with Gasteiger partial charge in [-0.25, -0.2) is 0 Å². The highest BCUT2D eigenvalue weighted by Crippen LogP contribution is 2.24. The summed E-state index contributed by atoms with van der Waals surface area (Å²) in [5.74, 6) is 1.00. The van der Waals surface area contributed by atoms with Crippen LogP contribution in [0, 0.1) is 0 Å². The van der Waals surface area contributed by atoms with E-state index >= 15 is 0 Å². The molecule has 0 spiro atoms. The second-order valence-electron chi connectivity index (χ2n) is 7.06. The third-order valence-electron chi connectivity index (χ3n) is 4.79. The van der Waals surface area contributed by atoms with Gasteiger partial charge >= 0.3 is 0 Å². The van der Waals surface area contributed by atoms with Crippen molar-refractivity contribution in [3.05, 3.63) is 102 Å². The molecule has 0 aliphatic rings. The van der Waals surface area contributed by atoms with Crippen molar-refractivity contribution in [1.29, 1.82) is 0 Å². The molecule has 0 aliphatic heterocycles. The Balaban J connectivity index is 1.27. The average Bonchev–Trinajstić information content (AvgIpc) is 3.46. The summed E-state index contributed by atoms with van der Waals surface area (Å²) in [5, 5.41) is 12.5. The number of carbonyl (C=O) groups is 1. The highest BCUT2D eigenvalue weighted by Gasteiger charge is 2.07. The van der Waals surface area contributed by atoms with Gasteiger partial charge in [0, 0.05) is 22.3 Å². The van der Waals surface area contributed by atoms with Gasteiger partial charge in [-0.1, -0.05) is 29.8 Å². The van der Waals surface area contributed by atoms with Crippen LogP contribution >= 0.6 is 11.6 Å². The van der Waals surface area contributed by atoms with E-state index in [1.807, 2.05) is 60.7 Å². The van der Waals surface area contributed by atoms with Gasteiger partial charge in [-0.15, -0.1) is 10.2 Å². The lowest BCUT2D eigenvalue weighted by Gasteiger charge is -2.00. The summed E-state index contributed by atoms with van der Waals surface area (Å²) in [6.07, 6.45) is 3.05. The number of amides is 1. The van der Waals surface area contributed by atoms with Gasteiger partial charge in [0.05, 0.1) is 5.69 Å². The molecule has 1 amide bonds. The van der Waals surface area contributed by atoms with Gasteiger partial charge in [-0.2, -0.15) is 4.80 Å². The van der Waals surface area contributed by atoms with E-state index in [4.69, 9.17) is 16.0 Å². The number of furan rings is 1. The number of para-hydroxylation sites is 1. The van der Waals surface area contributed by atoms with Gasteiger partial charge < -0.3 is 9.73 Å². The molecule has 0 radical (unpaired) electrons. The monoisotopic (exact) mass is 440 g/mol. The number of anilines is 1. The SMILES string of the molecule is O=C(/C=C/c1ccc(-c2ccc(Cl)cc2)o1)Nc1ccc2nn(-c3ccccc3)nc2c1. The summed E-state index contributed by atoms with van der Waals surface area (Å²) in [6, 6.07) is 26.1. The largest absolute Gasteiger partial charge is 0.457 e. The van der Waals surface area contributed by atoms with Gasteiger partial charge in [0.2, 0.25) is 5.91 Å². The van der Waals surface area contributed by atoms with E-state index in [0.717, 1.165) is 16.8 Å². The van der Waals surface area contributed by atoms with E-state index in [1.54, 1.807) is 35.1 Å². The maximum absolute atomic E-state index is 12.4. The quantitative estimate of drug-likeness (QED) is 0.341. The Morgan fingerprint density at radius 1 is 0.906 bits per heavy atom. The van der Waals surface area contributed by atoms with Gasteiger partial charge in [-0.05, 0) is 72.8 Å². The normalized spacial score (nSPS) is 11.3. The number of rotatable bonds is 5. The van der Waals surface area contributed by atoms with Crippen molar-refractivity contribution in [1.82, 2.24) is 15.0 Å². The fourth-order valence-electron chi connectivity index (χ4n) is 3.22. The van der Waals surface area contributed by atoms with Crippen LogP contribution < -0.4 is 5.32 Å². The Kier molecular flexibility index (Phi) is 5.27. The summed E-state index contributed by atoms with van der Waals surface area (Å²) < 4.78 is 5.78. The molecule has 7 heteroatoms. The van der Waals surface area contributed by atoms with Crippen molar-refractivity contribution in [2.75, 3.05) is 5.32 Å². The van der Waals surface area contributed by atoms with Crippen molar-refractivity contribution in [3.63, 3.8) is 0 Å². The number of nitrogens with zero attached hydrogens (tertiary/aromatic N) is 3. The zero-order valence-electron chi connectivity index (χ0n) is 16.8. The fraction of sp³-hybridized carbons (Fsp3) is 0. The molecule has 3 aromatic carbocycles. The van der Waals surface area contributed by atoms with Gasteiger partial charge in [0.1, 0.15) is 22.6 Å². The predicted molar refractivity (Wildman–Crippen MR) is 126 cm³/mol. The van der Waals surface area contributed by atoms with Crippen LogP contribution in [0.3, 0.4) is 0 Å². The third kappa shape index (κ3) is 4.31. The smallest absolute Gasteiger partial charge is 0.248 e. The van der Waals surface area contributed by atoms with Crippen LogP contribution in [0.1, 0.15) is 5.76 Å². The number of halogens is 1. The molecule has 0 aliphatic carbocycles. The molecule has 32 heavy (non-hydrogen) atoms. The van der Waals surface area contributed by atoms with Crippen LogP contribution in [0.5, 0.6) is 0 Å². The van der Waals surface area contributed by atoms with Gasteiger partial charge in [0.25, 0.3) is 0 Å². The lowest BCUT2D eigenvalue weighted by molar-refractivity contribution is -0.111. The van der Waals surface area contributed by atoms with Crippen LogP contribution in [0.2, 0.25) is 5.02 Å². The fourth-order valence-corrected chi connectivity index (χ4v) is 3.35. The molecule has 0 unspecified atom stereocenters. The Labute approximate surface area is 188 Å². The van der Waals surface area contributed by atoms with Crippen molar-refractivity contribution in [2.45, 2.75) is 0 Å². The first-order chi connectivity index (χ1) is 15.6. The molecule has 0 bridgehead atoms. The molecule has 5 aromatic rings. The highest BCUT2D eigenvalue weighted by molar-refractivity contribution is 6.30. The standard InChI is InChI=1S/C25H17ClN4O2/c26-18-8-6-17(7-9-18)24-14-11-21(32-24)12-15-25(31)27-19-10-13-22-23(16-19)29-30(28-22)20-4-2-1-3-5-20/h1-16H,(H,27,31)/b15-12+. The van der Waals surface area contributed by atoms with Crippen LogP contribution in [0.25, 0.3) is 34.1 Å². The zero-order chi connectivity index (χ0) is 21.9. The van der Waals surface area contributed by atoms with Gasteiger partial charge in [-0.3, -0.25) is 4.79 Å². The lowest BCUT2D eigenvalue weighted by atomic mass is 10.2. The summed E-state index contributed by atoms with van der Waals surface area (Å²) in [6.45, 7) is 0. The minimum atomic E-state index is -0.274. The van der Waals surface area contributed by atoms with E-state index in [2.05, 4.69) is 15.5 Å². The van der Waals surface area contributed by atoms with Crippen LogP contribution in [-0.2, 0) is 4.79 Å². The Morgan fingerprint density at radius 2 is 1.69 bits per heavy atom. The number of nitrogens with one attached hydrogen (secondary N) is 1. The number of benzene rings is 3. The van der Waals surface area contributed by atoms with Crippen LogP contribution in [0.15, 0.2) is 95.4 Å². The molecule has 1 N–H and O–H groups in total. The second-order valence-corrected chi connectivity index (χ2v) is 7.50. The van der Waals surface area contributed by atoms with Crippen LogP contribution in [0.4, 0.5) is 5.69 Å². The molecule has 0 atom stereocenters.